The van der Waals surface area contributed by atoms with Crippen LogP contribution in [0.4, 0.5) is 5.69 Å². The fourth-order valence-electron chi connectivity index (χ4n) is 1.79. The molecule has 0 amide bonds. The van der Waals surface area contributed by atoms with E-state index < -0.39 is 0 Å². The molecule has 0 aliphatic rings. The maximum Gasteiger partial charge on any atom is 0.107 e. The summed E-state index contributed by atoms with van der Waals surface area (Å²) in [5.41, 5.74) is 9.16. The highest BCUT2D eigenvalue weighted by Crippen LogP contribution is 2.16. The van der Waals surface area contributed by atoms with E-state index in [0.717, 1.165) is 30.2 Å². The summed E-state index contributed by atoms with van der Waals surface area (Å²) in [5.74, 6) is 0. The molecule has 4 heteroatoms. The van der Waals surface area contributed by atoms with Gasteiger partial charge in [-0.25, -0.2) is 4.98 Å². The summed E-state index contributed by atoms with van der Waals surface area (Å²) in [6.07, 6.45) is 3.03. The van der Waals surface area contributed by atoms with Crippen LogP contribution >= 0.6 is 11.3 Å². The average Bonchev–Trinajstić information content (AvgIpc) is 2.82. The standard InChI is InChI=1S/C14H19N3S/c1-3-12-8-17-14(18-12)9-16-7-11-5-4-6-13(15)10(11)2/h4-6,8,16H,3,7,9,15H2,1-2H3. The number of hydrogen-bond acceptors (Lipinski definition) is 4. The quantitative estimate of drug-likeness (QED) is 0.814. The lowest BCUT2D eigenvalue weighted by molar-refractivity contribution is 0.687. The van der Waals surface area contributed by atoms with E-state index in [4.69, 9.17) is 5.73 Å². The molecular formula is C14H19N3S. The molecule has 1 aromatic carbocycles. The van der Waals surface area contributed by atoms with Gasteiger partial charge in [0.15, 0.2) is 0 Å². The molecule has 96 valence electrons. The zero-order valence-corrected chi connectivity index (χ0v) is 11.7. The van der Waals surface area contributed by atoms with E-state index in [1.165, 1.54) is 16.0 Å². The van der Waals surface area contributed by atoms with Crippen LogP contribution in [0.3, 0.4) is 0 Å². The van der Waals surface area contributed by atoms with Crippen molar-refractivity contribution >= 4 is 17.0 Å². The molecule has 0 unspecified atom stereocenters. The first kappa shape index (κ1) is 13.1. The van der Waals surface area contributed by atoms with Gasteiger partial charge in [0.1, 0.15) is 5.01 Å². The van der Waals surface area contributed by atoms with Gasteiger partial charge >= 0.3 is 0 Å². The van der Waals surface area contributed by atoms with E-state index in [9.17, 15) is 0 Å². The minimum absolute atomic E-state index is 0.818. The van der Waals surface area contributed by atoms with Crippen molar-refractivity contribution in [1.82, 2.24) is 10.3 Å². The van der Waals surface area contributed by atoms with Crippen LogP contribution in [-0.2, 0) is 19.5 Å². The molecule has 0 saturated carbocycles. The molecule has 2 aromatic rings. The number of rotatable bonds is 5. The van der Waals surface area contributed by atoms with Crippen molar-refractivity contribution in [3.8, 4) is 0 Å². The Bertz CT molecular complexity index is 520. The fraction of sp³-hybridized carbons (Fsp3) is 0.357. The second-order valence-corrected chi connectivity index (χ2v) is 5.51. The van der Waals surface area contributed by atoms with E-state index in [1.807, 2.05) is 18.3 Å². The second kappa shape index (κ2) is 5.98. The Morgan fingerprint density at radius 1 is 1.33 bits per heavy atom. The van der Waals surface area contributed by atoms with Gasteiger partial charge in [-0.15, -0.1) is 11.3 Å². The van der Waals surface area contributed by atoms with Gasteiger partial charge in [-0.3, -0.25) is 0 Å². The number of anilines is 1. The number of nitrogens with one attached hydrogen (secondary N) is 1. The summed E-state index contributed by atoms with van der Waals surface area (Å²) in [7, 11) is 0. The fourth-order valence-corrected chi connectivity index (χ4v) is 2.62. The van der Waals surface area contributed by atoms with Gasteiger partial charge in [0.2, 0.25) is 0 Å². The zero-order chi connectivity index (χ0) is 13.0. The Kier molecular flexibility index (Phi) is 4.33. The third kappa shape index (κ3) is 3.09. The third-order valence-corrected chi connectivity index (χ3v) is 4.17. The van der Waals surface area contributed by atoms with Gasteiger partial charge in [0, 0.05) is 29.9 Å². The molecule has 0 fully saturated rings. The Morgan fingerprint density at radius 3 is 2.89 bits per heavy atom. The summed E-state index contributed by atoms with van der Waals surface area (Å²) in [6, 6.07) is 6.04. The molecule has 1 heterocycles. The highest BCUT2D eigenvalue weighted by atomic mass is 32.1. The Balaban J connectivity index is 1.90. The Morgan fingerprint density at radius 2 is 2.17 bits per heavy atom. The maximum absolute atomic E-state index is 5.89. The highest BCUT2D eigenvalue weighted by Gasteiger charge is 2.03. The molecule has 3 nitrogen and oxygen atoms in total. The van der Waals surface area contributed by atoms with Crippen LogP contribution in [0.15, 0.2) is 24.4 Å². The van der Waals surface area contributed by atoms with E-state index in [-0.39, 0.29) is 0 Å². The molecule has 0 radical (unpaired) electrons. The molecular weight excluding hydrogens is 242 g/mol. The number of nitrogens with two attached hydrogens (primary N) is 1. The van der Waals surface area contributed by atoms with Crippen molar-refractivity contribution in [3.05, 3.63) is 45.4 Å². The molecule has 0 aliphatic carbocycles. The normalized spacial score (nSPS) is 10.8. The zero-order valence-electron chi connectivity index (χ0n) is 10.9. The second-order valence-electron chi connectivity index (χ2n) is 4.31. The lowest BCUT2D eigenvalue weighted by atomic mass is 10.1. The van der Waals surface area contributed by atoms with E-state index in [1.54, 1.807) is 11.3 Å². The van der Waals surface area contributed by atoms with Gasteiger partial charge in [-0.05, 0) is 30.5 Å². The lowest BCUT2D eigenvalue weighted by Gasteiger charge is -2.08. The van der Waals surface area contributed by atoms with Crippen molar-refractivity contribution < 1.29 is 0 Å². The van der Waals surface area contributed by atoms with Gasteiger partial charge in [0.05, 0.1) is 0 Å². The van der Waals surface area contributed by atoms with Crippen LogP contribution in [0.25, 0.3) is 0 Å². The summed E-state index contributed by atoms with van der Waals surface area (Å²) in [5, 5.41) is 4.56. The summed E-state index contributed by atoms with van der Waals surface area (Å²) >= 11 is 1.78. The van der Waals surface area contributed by atoms with Crippen LogP contribution < -0.4 is 11.1 Å². The summed E-state index contributed by atoms with van der Waals surface area (Å²) in [4.78, 5) is 5.73. The van der Waals surface area contributed by atoms with Crippen LogP contribution in [0, 0.1) is 6.92 Å². The lowest BCUT2D eigenvalue weighted by Crippen LogP contribution is -2.13. The van der Waals surface area contributed by atoms with Crippen LogP contribution in [-0.4, -0.2) is 4.98 Å². The van der Waals surface area contributed by atoms with Gasteiger partial charge in [-0.2, -0.15) is 0 Å². The van der Waals surface area contributed by atoms with Crippen molar-refractivity contribution in [2.24, 2.45) is 0 Å². The first-order valence-corrected chi connectivity index (χ1v) is 7.00. The third-order valence-electron chi connectivity index (χ3n) is 3.03. The largest absolute Gasteiger partial charge is 0.399 e. The number of nitrogen functional groups attached to an aromatic ring is 1. The van der Waals surface area contributed by atoms with Gasteiger partial charge in [-0.1, -0.05) is 19.1 Å². The summed E-state index contributed by atoms with van der Waals surface area (Å²) < 4.78 is 0. The van der Waals surface area contributed by atoms with E-state index >= 15 is 0 Å². The van der Waals surface area contributed by atoms with Crippen LogP contribution in [0.5, 0.6) is 0 Å². The van der Waals surface area contributed by atoms with Crippen molar-refractivity contribution in [2.45, 2.75) is 33.4 Å². The predicted octanol–water partition coefficient (Wildman–Crippen LogP) is 2.89. The first-order chi connectivity index (χ1) is 8.70. The monoisotopic (exact) mass is 261 g/mol. The predicted molar refractivity (Wildman–Crippen MR) is 77.6 cm³/mol. The molecule has 0 saturated heterocycles. The summed E-state index contributed by atoms with van der Waals surface area (Å²) in [6.45, 7) is 5.86. The average molecular weight is 261 g/mol. The number of hydrogen-bond donors (Lipinski definition) is 2. The number of aryl methyl sites for hydroxylation is 1. The minimum Gasteiger partial charge on any atom is -0.399 e. The number of nitrogens with zero attached hydrogens (tertiary/aromatic N) is 1. The SMILES string of the molecule is CCc1cnc(CNCc2cccc(N)c2C)s1. The molecule has 2 rings (SSSR count). The minimum atomic E-state index is 0.818. The Hall–Kier alpha value is -1.39. The molecule has 0 spiro atoms. The van der Waals surface area contributed by atoms with Crippen LogP contribution in [0.2, 0.25) is 0 Å². The Labute approximate surface area is 112 Å². The van der Waals surface area contributed by atoms with Crippen molar-refractivity contribution in [3.63, 3.8) is 0 Å². The molecule has 1 aromatic heterocycles. The maximum atomic E-state index is 5.89. The topological polar surface area (TPSA) is 50.9 Å². The first-order valence-electron chi connectivity index (χ1n) is 6.19. The van der Waals surface area contributed by atoms with E-state index in [2.05, 4.69) is 30.2 Å². The number of aromatic nitrogens is 1. The molecule has 0 bridgehead atoms. The number of thiazole rings is 1. The molecule has 0 aliphatic heterocycles. The highest BCUT2D eigenvalue weighted by molar-refractivity contribution is 7.11. The number of benzene rings is 1. The molecule has 3 N–H and O–H groups in total. The van der Waals surface area contributed by atoms with Crippen LogP contribution in [0.1, 0.15) is 27.9 Å². The molecule has 18 heavy (non-hydrogen) atoms. The van der Waals surface area contributed by atoms with Gasteiger partial charge < -0.3 is 11.1 Å². The van der Waals surface area contributed by atoms with Crippen molar-refractivity contribution in [1.29, 1.82) is 0 Å². The van der Waals surface area contributed by atoms with Crippen molar-refractivity contribution in [2.75, 3.05) is 5.73 Å². The molecule has 0 atom stereocenters. The smallest absolute Gasteiger partial charge is 0.107 e. The van der Waals surface area contributed by atoms with Gasteiger partial charge in [0.25, 0.3) is 0 Å². The van der Waals surface area contributed by atoms with E-state index in [0.29, 0.717) is 0 Å².